The Morgan fingerprint density at radius 1 is 1.75 bits per heavy atom. The standard InChI is InChI=1S/C7H12N2O2S/c1-3-11-7(10)6(4-9-2)12-5-8/h4-5,8-9H,3H2,1-2H3/b6-4-,8-5?. The maximum absolute atomic E-state index is 11.1. The lowest BCUT2D eigenvalue weighted by molar-refractivity contribution is -0.137. The number of hydrogen-bond donors (Lipinski definition) is 2. The molecule has 0 aromatic carbocycles. The van der Waals surface area contributed by atoms with Crippen molar-refractivity contribution in [3.63, 3.8) is 0 Å². The van der Waals surface area contributed by atoms with E-state index >= 15 is 0 Å². The topological polar surface area (TPSA) is 62.2 Å². The number of nitrogens with one attached hydrogen (secondary N) is 2. The van der Waals surface area contributed by atoms with Gasteiger partial charge in [0.25, 0.3) is 0 Å². The molecule has 0 aromatic heterocycles. The summed E-state index contributed by atoms with van der Waals surface area (Å²) in [6, 6.07) is 0. The van der Waals surface area contributed by atoms with Gasteiger partial charge in [0.1, 0.15) is 4.91 Å². The fraction of sp³-hybridized carbons (Fsp3) is 0.429. The van der Waals surface area contributed by atoms with E-state index in [1.54, 1.807) is 14.0 Å². The minimum atomic E-state index is -0.402. The van der Waals surface area contributed by atoms with E-state index in [0.717, 1.165) is 17.3 Å². The average molecular weight is 188 g/mol. The Morgan fingerprint density at radius 3 is 2.83 bits per heavy atom. The third-order valence-corrected chi connectivity index (χ3v) is 1.59. The molecule has 0 amide bonds. The van der Waals surface area contributed by atoms with Crippen molar-refractivity contribution >= 4 is 23.3 Å². The van der Waals surface area contributed by atoms with Crippen molar-refractivity contribution in [2.24, 2.45) is 0 Å². The normalized spacial score (nSPS) is 10.7. The fourth-order valence-electron chi connectivity index (χ4n) is 0.538. The molecule has 0 rings (SSSR count). The Hall–Kier alpha value is -0.970. The monoisotopic (exact) mass is 188 g/mol. The average Bonchev–Trinajstić information content (AvgIpc) is 2.04. The van der Waals surface area contributed by atoms with Crippen LogP contribution >= 0.6 is 11.8 Å². The minimum Gasteiger partial charge on any atom is -0.462 e. The van der Waals surface area contributed by atoms with Crippen molar-refractivity contribution in [2.45, 2.75) is 6.92 Å². The molecule has 68 valence electrons. The number of thioether (sulfide) groups is 1. The van der Waals surface area contributed by atoms with Crippen LogP contribution in [0.3, 0.4) is 0 Å². The molecular weight excluding hydrogens is 176 g/mol. The van der Waals surface area contributed by atoms with Gasteiger partial charge in [-0.25, -0.2) is 4.79 Å². The fourth-order valence-corrected chi connectivity index (χ4v) is 1.01. The number of hydrogen-bond acceptors (Lipinski definition) is 5. The lowest BCUT2D eigenvalue weighted by Gasteiger charge is -2.02. The van der Waals surface area contributed by atoms with Crippen LogP contribution in [0.2, 0.25) is 0 Å². The maximum atomic E-state index is 11.1. The van der Waals surface area contributed by atoms with Gasteiger partial charge in [-0.3, -0.25) is 0 Å². The molecular formula is C7H12N2O2S. The summed E-state index contributed by atoms with van der Waals surface area (Å²) in [6.07, 6.45) is 1.51. The summed E-state index contributed by atoms with van der Waals surface area (Å²) in [5.41, 5.74) is 1.08. The van der Waals surface area contributed by atoms with Gasteiger partial charge in [-0.05, 0) is 6.92 Å². The third kappa shape index (κ3) is 4.02. The minimum absolute atomic E-state index is 0.346. The van der Waals surface area contributed by atoms with Crippen LogP contribution in [0, 0.1) is 5.41 Å². The predicted octanol–water partition coefficient (Wildman–Crippen LogP) is 0.951. The second-order valence-electron chi connectivity index (χ2n) is 1.75. The third-order valence-electron chi connectivity index (χ3n) is 0.938. The van der Waals surface area contributed by atoms with Gasteiger partial charge < -0.3 is 15.5 Å². The highest BCUT2D eigenvalue weighted by atomic mass is 32.2. The first-order valence-electron chi connectivity index (χ1n) is 3.46. The van der Waals surface area contributed by atoms with E-state index in [1.807, 2.05) is 0 Å². The molecule has 2 N–H and O–H groups in total. The van der Waals surface area contributed by atoms with Crippen LogP contribution in [-0.4, -0.2) is 25.2 Å². The first-order valence-corrected chi connectivity index (χ1v) is 4.34. The molecule has 0 unspecified atom stereocenters. The van der Waals surface area contributed by atoms with Crippen LogP contribution in [0.4, 0.5) is 0 Å². The Balaban J connectivity index is 4.18. The van der Waals surface area contributed by atoms with E-state index in [4.69, 9.17) is 10.1 Å². The first-order chi connectivity index (χ1) is 5.76. The SMILES string of the molecule is CCOC(=O)/C(=C/NC)SC=N. The molecule has 0 saturated heterocycles. The molecule has 0 aromatic rings. The van der Waals surface area contributed by atoms with E-state index in [2.05, 4.69) is 5.32 Å². The molecule has 0 fully saturated rings. The van der Waals surface area contributed by atoms with Gasteiger partial charge in [0.2, 0.25) is 0 Å². The van der Waals surface area contributed by atoms with E-state index in [0.29, 0.717) is 11.5 Å². The zero-order valence-corrected chi connectivity index (χ0v) is 7.90. The highest BCUT2D eigenvalue weighted by molar-refractivity contribution is 8.16. The molecule has 4 nitrogen and oxygen atoms in total. The Labute approximate surface area is 75.9 Å². The maximum Gasteiger partial charge on any atom is 0.346 e. The number of carbonyl (C=O) groups is 1. The van der Waals surface area contributed by atoms with Crippen LogP contribution in [0.1, 0.15) is 6.92 Å². The van der Waals surface area contributed by atoms with E-state index in [-0.39, 0.29) is 0 Å². The van der Waals surface area contributed by atoms with Gasteiger partial charge in [-0.15, -0.1) is 0 Å². The van der Waals surface area contributed by atoms with Gasteiger partial charge in [-0.1, -0.05) is 11.8 Å². The molecule has 0 aliphatic heterocycles. The van der Waals surface area contributed by atoms with E-state index in [9.17, 15) is 4.79 Å². The summed E-state index contributed by atoms with van der Waals surface area (Å²) in [5.74, 6) is -0.402. The Bertz CT molecular complexity index is 192. The number of rotatable bonds is 5. The molecule has 0 atom stereocenters. The van der Waals surface area contributed by atoms with Gasteiger partial charge >= 0.3 is 5.97 Å². The molecule has 0 heterocycles. The summed E-state index contributed by atoms with van der Waals surface area (Å²) in [6.45, 7) is 2.09. The zero-order valence-electron chi connectivity index (χ0n) is 7.09. The van der Waals surface area contributed by atoms with Crippen molar-refractivity contribution in [3.05, 3.63) is 11.1 Å². The lowest BCUT2D eigenvalue weighted by atomic mass is 10.6. The van der Waals surface area contributed by atoms with Gasteiger partial charge in [0.05, 0.1) is 12.2 Å². The second kappa shape index (κ2) is 6.72. The predicted molar refractivity (Wildman–Crippen MR) is 50.2 cm³/mol. The first kappa shape index (κ1) is 11.0. The van der Waals surface area contributed by atoms with Crippen LogP contribution in [0.15, 0.2) is 11.1 Å². The summed E-state index contributed by atoms with van der Waals surface area (Å²) < 4.78 is 4.74. The molecule has 0 aliphatic rings. The number of carbonyl (C=O) groups excluding carboxylic acids is 1. The second-order valence-corrected chi connectivity index (χ2v) is 2.66. The number of ether oxygens (including phenoxy) is 1. The van der Waals surface area contributed by atoms with Crippen molar-refractivity contribution in [1.82, 2.24) is 5.32 Å². The highest BCUT2D eigenvalue weighted by Gasteiger charge is 2.08. The van der Waals surface area contributed by atoms with Gasteiger partial charge in [0.15, 0.2) is 0 Å². The summed E-state index contributed by atoms with van der Waals surface area (Å²) in [5, 5.41) is 9.50. The molecule has 0 saturated carbocycles. The summed E-state index contributed by atoms with van der Waals surface area (Å²) in [7, 11) is 1.68. The van der Waals surface area contributed by atoms with Crippen molar-refractivity contribution in [2.75, 3.05) is 13.7 Å². The molecule has 0 aliphatic carbocycles. The Morgan fingerprint density at radius 2 is 2.42 bits per heavy atom. The quantitative estimate of drug-likeness (QED) is 0.292. The van der Waals surface area contributed by atoms with Crippen LogP contribution in [-0.2, 0) is 9.53 Å². The van der Waals surface area contributed by atoms with Crippen molar-refractivity contribution in [1.29, 1.82) is 5.41 Å². The molecule has 5 heteroatoms. The van der Waals surface area contributed by atoms with Crippen LogP contribution < -0.4 is 5.32 Å². The molecule has 0 radical (unpaired) electrons. The van der Waals surface area contributed by atoms with Gasteiger partial charge in [0, 0.05) is 13.2 Å². The van der Waals surface area contributed by atoms with E-state index in [1.165, 1.54) is 6.20 Å². The van der Waals surface area contributed by atoms with Crippen LogP contribution in [0.5, 0.6) is 0 Å². The molecule has 0 bridgehead atoms. The largest absolute Gasteiger partial charge is 0.462 e. The van der Waals surface area contributed by atoms with Gasteiger partial charge in [-0.2, -0.15) is 0 Å². The smallest absolute Gasteiger partial charge is 0.346 e. The Kier molecular flexibility index (Phi) is 6.18. The lowest BCUT2D eigenvalue weighted by Crippen LogP contribution is -2.08. The highest BCUT2D eigenvalue weighted by Crippen LogP contribution is 2.12. The zero-order chi connectivity index (χ0) is 9.40. The molecule has 12 heavy (non-hydrogen) atoms. The van der Waals surface area contributed by atoms with Crippen LogP contribution in [0.25, 0.3) is 0 Å². The summed E-state index contributed by atoms with van der Waals surface area (Å²) >= 11 is 1.01. The number of esters is 1. The van der Waals surface area contributed by atoms with E-state index < -0.39 is 5.97 Å². The molecule has 0 spiro atoms. The van der Waals surface area contributed by atoms with Crippen molar-refractivity contribution < 1.29 is 9.53 Å². The van der Waals surface area contributed by atoms with Crippen molar-refractivity contribution in [3.8, 4) is 0 Å². The summed E-state index contributed by atoms with van der Waals surface area (Å²) in [4.78, 5) is 11.5.